The number of carbonyl (C=O) groups excluding carboxylic acids is 1. The summed E-state index contributed by atoms with van der Waals surface area (Å²) >= 11 is 0. The molecule has 2 heterocycles. The Balaban J connectivity index is 1.57. The van der Waals surface area contributed by atoms with Crippen LogP contribution in [0, 0.1) is 29.6 Å². The first-order valence-electron chi connectivity index (χ1n) is 10.8. The fourth-order valence-corrected chi connectivity index (χ4v) is 6.56. The lowest BCUT2D eigenvalue weighted by atomic mass is 9.57. The number of piperidine rings is 1. The Bertz CT molecular complexity index is 530. The molecule has 3 heteroatoms. The Morgan fingerprint density at radius 2 is 1.84 bits per heavy atom. The lowest BCUT2D eigenvalue weighted by Gasteiger charge is -2.46. The van der Waals surface area contributed by atoms with E-state index in [2.05, 4.69) is 33.0 Å². The van der Waals surface area contributed by atoms with E-state index in [9.17, 15) is 4.79 Å². The summed E-state index contributed by atoms with van der Waals surface area (Å²) in [5.74, 6) is 2.76. The van der Waals surface area contributed by atoms with Crippen LogP contribution in [-0.4, -0.2) is 31.2 Å². The molecule has 140 valence electrons. The van der Waals surface area contributed by atoms with Crippen LogP contribution in [0.5, 0.6) is 0 Å². The SMILES string of the molecule is C[C@@H]1OC(=O)[C@@H]2C[C@H]3CCCC[C@@H]3[C@@H](/C=C/[C@@H]3CCC[C@H](C)[NH+]3C)[C@@H]12. The average molecular weight is 347 g/mol. The monoisotopic (exact) mass is 346 g/mol. The number of rotatable bonds is 2. The van der Waals surface area contributed by atoms with Crippen LogP contribution in [0.15, 0.2) is 12.2 Å². The van der Waals surface area contributed by atoms with Crippen LogP contribution in [0.25, 0.3) is 0 Å². The summed E-state index contributed by atoms with van der Waals surface area (Å²) in [7, 11) is 2.36. The molecule has 2 aliphatic carbocycles. The third-order valence-corrected chi connectivity index (χ3v) is 8.15. The summed E-state index contributed by atoms with van der Waals surface area (Å²) in [5.41, 5.74) is 0. The van der Waals surface area contributed by atoms with Gasteiger partial charge in [0, 0.05) is 12.3 Å². The predicted molar refractivity (Wildman–Crippen MR) is 99.2 cm³/mol. The first-order valence-corrected chi connectivity index (χ1v) is 10.8. The van der Waals surface area contributed by atoms with E-state index in [4.69, 9.17) is 4.74 Å². The molecule has 9 atom stereocenters. The highest BCUT2D eigenvalue weighted by atomic mass is 16.6. The molecule has 1 N–H and O–H groups in total. The zero-order valence-electron chi connectivity index (χ0n) is 16.2. The molecule has 0 bridgehead atoms. The average Bonchev–Trinajstić information content (AvgIpc) is 2.89. The highest BCUT2D eigenvalue weighted by Gasteiger charge is 2.53. The molecule has 25 heavy (non-hydrogen) atoms. The van der Waals surface area contributed by atoms with E-state index < -0.39 is 0 Å². The first-order chi connectivity index (χ1) is 12.1. The molecule has 4 rings (SSSR count). The maximum absolute atomic E-state index is 12.4. The minimum Gasteiger partial charge on any atom is -0.462 e. The van der Waals surface area contributed by atoms with Crippen LogP contribution in [0.2, 0.25) is 0 Å². The molecule has 0 radical (unpaired) electrons. The third-order valence-electron chi connectivity index (χ3n) is 8.15. The molecule has 2 saturated carbocycles. The molecule has 0 aromatic heterocycles. The molecule has 4 fully saturated rings. The number of fused-ring (bicyclic) bond motifs is 2. The van der Waals surface area contributed by atoms with Crippen LogP contribution >= 0.6 is 0 Å². The minimum atomic E-state index is 0.0916. The summed E-state index contributed by atoms with van der Waals surface area (Å²) in [6, 6.07) is 1.42. The number of cyclic esters (lactones) is 1. The van der Waals surface area contributed by atoms with E-state index in [0.717, 1.165) is 24.3 Å². The van der Waals surface area contributed by atoms with Gasteiger partial charge >= 0.3 is 5.97 Å². The van der Waals surface area contributed by atoms with Crippen LogP contribution in [-0.2, 0) is 9.53 Å². The second kappa shape index (κ2) is 7.06. The number of esters is 1. The third kappa shape index (κ3) is 3.18. The van der Waals surface area contributed by atoms with Crippen molar-refractivity contribution in [3.63, 3.8) is 0 Å². The predicted octanol–water partition coefficient (Wildman–Crippen LogP) is 3.00. The molecule has 2 aliphatic heterocycles. The molecule has 0 aromatic carbocycles. The van der Waals surface area contributed by atoms with Crippen molar-refractivity contribution in [1.29, 1.82) is 0 Å². The van der Waals surface area contributed by atoms with Gasteiger partial charge < -0.3 is 9.64 Å². The number of carbonyl (C=O) groups is 1. The number of nitrogens with one attached hydrogen (secondary N) is 1. The lowest BCUT2D eigenvalue weighted by molar-refractivity contribution is -0.927. The van der Waals surface area contributed by atoms with Crippen molar-refractivity contribution < 1.29 is 14.4 Å². The van der Waals surface area contributed by atoms with Crippen LogP contribution in [0.4, 0.5) is 0 Å². The normalized spacial score (nSPS) is 50.4. The van der Waals surface area contributed by atoms with Crippen LogP contribution < -0.4 is 4.90 Å². The van der Waals surface area contributed by atoms with Gasteiger partial charge in [0.05, 0.1) is 19.0 Å². The molecule has 0 aromatic rings. The number of quaternary nitrogens is 1. The summed E-state index contributed by atoms with van der Waals surface area (Å²) < 4.78 is 5.70. The zero-order chi connectivity index (χ0) is 17.6. The second-order valence-corrected chi connectivity index (χ2v) is 9.41. The van der Waals surface area contributed by atoms with Gasteiger partial charge in [0.15, 0.2) is 0 Å². The van der Waals surface area contributed by atoms with Gasteiger partial charge in [-0.05, 0) is 63.4 Å². The Hall–Kier alpha value is -0.830. The van der Waals surface area contributed by atoms with E-state index in [1.807, 2.05) is 0 Å². The largest absolute Gasteiger partial charge is 0.462 e. The van der Waals surface area contributed by atoms with Crippen molar-refractivity contribution in [2.45, 2.75) is 83.4 Å². The number of ether oxygens (including phenoxy) is 1. The van der Waals surface area contributed by atoms with Gasteiger partial charge in [-0.1, -0.05) is 25.3 Å². The summed E-state index contributed by atoms with van der Waals surface area (Å²) in [6.45, 7) is 4.52. The minimum absolute atomic E-state index is 0.0916. The number of likely N-dealkylation sites (N-methyl/N-ethyl adjacent to an activating group) is 1. The zero-order valence-corrected chi connectivity index (χ0v) is 16.2. The number of hydrogen-bond donors (Lipinski definition) is 1. The van der Waals surface area contributed by atoms with Gasteiger partial charge in [0.2, 0.25) is 0 Å². The fraction of sp³-hybridized carbons (Fsp3) is 0.864. The quantitative estimate of drug-likeness (QED) is 0.615. The van der Waals surface area contributed by atoms with Gasteiger partial charge in [-0.25, -0.2) is 0 Å². The summed E-state index contributed by atoms with van der Waals surface area (Å²) in [6.07, 6.45) is 15.7. The standard InChI is InChI=1S/C22H35NO2/c1-14-7-6-9-17(23(14)3)11-12-19-18-10-5-4-8-16(18)13-20-21(19)15(2)25-22(20)24/h11-12,14-21H,4-10,13H2,1-3H3/p+1/b12-11+/t14-,15-,16+,17-,18-,19+,20+,21+/m0/s1. The highest BCUT2D eigenvalue weighted by Crippen LogP contribution is 2.53. The summed E-state index contributed by atoms with van der Waals surface area (Å²) in [4.78, 5) is 14.1. The second-order valence-electron chi connectivity index (χ2n) is 9.41. The van der Waals surface area contributed by atoms with Gasteiger partial charge in [0.25, 0.3) is 0 Å². The molecule has 0 spiro atoms. The van der Waals surface area contributed by atoms with Crippen molar-refractivity contribution in [3.8, 4) is 0 Å². The van der Waals surface area contributed by atoms with E-state index in [1.54, 1.807) is 4.90 Å². The van der Waals surface area contributed by atoms with Crippen molar-refractivity contribution in [1.82, 2.24) is 0 Å². The van der Waals surface area contributed by atoms with Crippen LogP contribution in [0.3, 0.4) is 0 Å². The maximum atomic E-state index is 12.4. The lowest BCUT2D eigenvalue weighted by Crippen LogP contribution is -3.16. The molecular formula is C22H36NO2+. The number of hydrogen-bond acceptors (Lipinski definition) is 2. The Morgan fingerprint density at radius 1 is 1.04 bits per heavy atom. The highest BCUT2D eigenvalue weighted by molar-refractivity contribution is 5.75. The Morgan fingerprint density at radius 3 is 2.68 bits per heavy atom. The topological polar surface area (TPSA) is 30.7 Å². The van der Waals surface area contributed by atoms with Crippen molar-refractivity contribution in [3.05, 3.63) is 12.2 Å². The molecule has 4 aliphatic rings. The fourth-order valence-electron chi connectivity index (χ4n) is 6.56. The molecule has 0 amide bonds. The molecule has 2 saturated heterocycles. The smallest absolute Gasteiger partial charge is 0.309 e. The van der Waals surface area contributed by atoms with Gasteiger partial charge in [0.1, 0.15) is 12.1 Å². The van der Waals surface area contributed by atoms with Crippen molar-refractivity contribution in [2.24, 2.45) is 29.6 Å². The van der Waals surface area contributed by atoms with E-state index in [0.29, 0.717) is 17.9 Å². The molecule has 1 unspecified atom stereocenters. The van der Waals surface area contributed by atoms with Crippen molar-refractivity contribution in [2.75, 3.05) is 7.05 Å². The molecule has 3 nitrogen and oxygen atoms in total. The summed E-state index contributed by atoms with van der Waals surface area (Å²) in [5, 5.41) is 0. The number of likely N-dealkylation sites (tertiary alicyclic amines) is 1. The van der Waals surface area contributed by atoms with Crippen LogP contribution in [0.1, 0.15) is 65.2 Å². The van der Waals surface area contributed by atoms with E-state index in [1.165, 1.54) is 44.9 Å². The van der Waals surface area contributed by atoms with Gasteiger partial charge in [-0.15, -0.1) is 0 Å². The van der Waals surface area contributed by atoms with Gasteiger partial charge in [-0.2, -0.15) is 0 Å². The van der Waals surface area contributed by atoms with E-state index in [-0.39, 0.29) is 18.0 Å². The van der Waals surface area contributed by atoms with Crippen molar-refractivity contribution >= 4 is 5.97 Å². The van der Waals surface area contributed by atoms with Gasteiger partial charge in [-0.3, -0.25) is 4.79 Å². The first kappa shape index (κ1) is 17.6. The number of allylic oxidation sites excluding steroid dienone is 1. The van der Waals surface area contributed by atoms with E-state index >= 15 is 0 Å². The molecular weight excluding hydrogens is 310 g/mol. The maximum Gasteiger partial charge on any atom is 0.309 e. The Kier molecular flexibility index (Phi) is 4.96. The Labute approximate surface area is 153 Å².